The fraction of sp³-hybridized carbons (Fsp3) is 0.259. The van der Waals surface area contributed by atoms with Crippen LogP contribution in [0.25, 0.3) is 0 Å². The van der Waals surface area contributed by atoms with Gasteiger partial charge in [0.05, 0.1) is 18.5 Å². The number of rotatable bonds is 7. The van der Waals surface area contributed by atoms with Crippen molar-refractivity contribution in [2.24, 2.45) is 9.98 Å². The summed E-state index contributed by atoms with van der Waals surface area (Å²) in [5.74, 6) is 1.10. The first-order chi connectivity index (χ1) is 15.4. The van der Waals surface area contributed by atoms with Gasteiger partial charge >= 0.3 is 0 Å². The van der Waals surface area contributed by atoms with E-state index < -0.39 is 0 Å². The average Bonchev–Trinajstić information content (AvgIpc) is 2.80. The van der Waals surface area contributed by atoms with Crippen LogP contribution in [0.2, 0.25) is 0 Å². The van der Waals surface area contributed by atoms with Gasteiger partial charge in [0.1, 0.15) is 17.2 Å². The zero-order valence-electron chi connectivity index (χ0n) is 19.3. The molecule has 0 radical (unpaired) electrons. The van der Waals surface area contributed by atoms with Gasteiger partial charge in [-0.3, -0.25) is 9.98 Å². The molecule has 166 valence electrons. The Labute approximate surface area is 189 Å². The van der Waals surface area contributed by atoms with Gasteiger partial charge in [-0.1, -0.05) is 26.0 Å². The third kappa shape index (κ3) is 5.17. The summed E-state index contributed by atoms with van der Waals surface area (Å²) in [7, 11) is 1.60. The molecule has 5 heteroatoms. The third-order valence-electron chi connectivity index (χ3n) is 5.46. The van der Waals surface area contributed by atoms with Crippen molar-refractivity contribution in [3.63, 3.8) is 0 Å². The molecule has 0 aliphatic rings. The van der Waals surface area contributed by atoms with Crippen LogP contribution in [-0.4, -0.2) is 29.8 Å². The van der Waals surface area contributed by atoms with Gasteiger partial charge in [-0.05, 0) is 73.2 Å². The highest BCUT2D eigenvalue weighted by molar-refractivity contribution is 5.90. The van der Waals surface area contributed by atoms with E-state index in [1.807, 2.05) is 50.2 Å². The van der Waals surface area contributed by atoms with Crippen LogP contribution in [0.1, 0.15) is 47.2 Å². The molecule has 0 aliphatic heterocycles. The first-order valence-electron chi connectivity index (χ1n) is 10.8. The lowest BCUT2D eigenvalue weighted by Gasteiger charge is -2.08. The molecule has 0 fully saturated rings. The standard InChI is InChI=1S/C27H30N2O3/c1-6-19-10-17(3)26(30)21(12-19)15-28-24-9-8-23(32-5)14-25(24)29-16-22-13-20(7-2)11-18(4)27(22)31/h8-16,30-31H,6-7H2,1-5H3. The summed E-state index contributed by atoms with van der Waals surface area (Å²) in [5.41, 5.74) is 6.45. The molecule has 0 amide bonds. The van der Waals surface area contributed by atoms with Gasteiger partial charge in [0.25, 0.3) is 0 Å². The number of hydrogen-bond acceptors (Lipinski definition) is 5. The lowest BCUT2D eigenvalue weighted by atomic mass is 10.0. The van der Waals surface area contributed by atoms with Crippen molar-refractivity contribution in [3.8, 4) is 17.2 Å². The van der Waals surface area contributed by atoms with E-state index in [2.05, 4.69) is 23.8 Å². The Morgan fingerprint density at radius 2 is 1.25 bits per heavy atom. The highest BCUT2D eigenvalue weighted by Crippen LogP contribution is 2.33. The maximum Gasteiger partial charge on any atom is 0.127 e. The molecule has 3 rings (SSSR count). The Bertz CT molecular complexity index is 1180. The quantitative estimate of drug-likeness (QED) is 0.429. The molecule has 0 atom stereocenters. The van der Waals surface area contributed by atoms with Crippen LogP contribution < -0.4 is 4.74 Å². The van der Waals surface area contributed by atoms with E-state index in [1.165, 1.54) is 0 Å². The monoisotopic (exact) mass is 430 g/mol. The van der Waals surface area contributed by atoms with E-state index in [0.29, 0.717) is 28.3 Å². The van der Waals surface area contributed by atoms with Crippen molar-refractivity contribution in [3.05, 3.63) is 75.8 Å². The minimum absolute atomic E-state index is 0.218. The number of methoxy groups -OCH3 is 1. The molecule has 0 aliphatic carbocycles. The summed E-state index contributed by atoms with van der Waals surface area (Å²) < 4.78 is 5.35. The number of phenols is 2. The second-order valence-electron chi connectivity index (χ2n) is 7.78. The number of phenolic OH excluding ortho intramolecular Hbond substituents is 2. The molecule has 3 aromatic carbocycles. The first kappa shape index (κ1) is 23.1. The van der Waals surface area contributed by atoms with Crippen molar-refractivity contribution in [1.82, 2.24) is 0 Å². The number of nitrogens with zero attached hydrogens (tertiary/aromatic N) is 2. The van der Waals surface area contributed by atoms with Crippen LogP contribution in [0.3, 0.4) is 0 Å². The first-order valence-corrected chi connectivity index (χ1v) is 10.8. The molecule has 0 unspecified atom stereocenters. The molecule has 2 N–H and O–H groups in total. The van der Waals surface area contributed by atoms with E-state index in [4.69, 9.17) is 4.74 Å². The Morgan fingerprint density at radius 1 is 0.750 bits per heavy atom. The van der Waals surface area contributed by atoms with Gasteiger partial charge in [0.15, 0.2) is 0 Å². The molecule has 0 bridgehead atoms. The summed E-state index contributed by atoms with van der Waals surface area (Å²) in [5, 5.41) is 20.9. The van der Waals surface area contributed by atoms with Crippen molar-refractivity contribution in [1.29, 1.82) is 0 Å². The number of hydrogen-bond donors (Lipinski definition) is 2. The van der Waals surface area contributed by atoms with E-state index in [0.717, 1.165) is 35.1 Å². The summed E-state index contributed by atoms with van der Waals surface area (Å²) in [6, 6.07) is 13.3. The third-order valence-corrected chi connectivity index (χ3v) is 5.46. The van der Waals surface area contributed by atoms with Crippen LogP contribution in [-0.2, 0) is 12.8 Å². The fourth-order valence-electron chi connectivity index (χ4n) is 3.49. The molecular formula is C27H30N2O3. The molecule has 0 aromatic heterocycles. The molecule has 32 heavy (non-hydrogen) atoms. The number of benzene rings is 3. The predicted molar refractivity (Wildman–Crippen MR) is 132 cm³/mol. The topological polar surface area (TPSA) is 74.4 Å². The highest BCUT2D eigenvalue weighted by atomic mass is 16.5. The maximum absolute atomic E-state index is 10.5. The average molecular weight is 431 g/mol. The normalized spacial score (nSPS) is 11.5. The smallest absolute Gasteiger partial charge is 0.127 e. The largest absolute Gasteiger partial charge is 0.507 e. The lowest BCUT2D eigenvalue weighted by Crippen LogP contribution is -1.91. The number of ether oxygens (including phenoxy) is 1. The van der Waals surface area contributed by atoms with Gasteiger partial charge in [-0.15, -0.1) is 0 Å². The minimum Gasteiger partial charge on any atom is -0.507 e. The van der Waals surface area contributed by atoms with Crippen molar-refractivity contribution in [2.75, 3.05) is 7.11 Å². The molecule has 3 aromatic rings. The molecule has 0 heterocycles. The lowest BCUT2D eigenvalue weighted by molar-refractivity contribution is 0.415. The van der Waals surface area contributed by atoms with Crippen molar-refractivity contribution in [2.45, 2.75) is 40.5 Å². The Morgan fingerprint density at radius 3 is 1.72 bits per heavy atom. The van der Waals surface area contributed by atoms with E-state index in [9.17, 15) is 10.2 Å². The zero-order chi connectivity index (χ0) is 23.3. The molecule has 5 nitrogen and oxygen atoms in total. The summed E-state index contributed by atoms with van der Waals surface area (Å²) in [6.07, 6.45) is 5.05. The van der Waals surface area contributed by atoms with Gasteiger partial charge in [-0.2, -0.15) is 0 Å². The molecular weight excluding hydrogens is 400 g/mol. The van der Waals surface area contributed by atoms with Crippen LogP contribution in [0.5, 0.6) is 17.2 Å². The highest BCUT2D eigenvalue weighted by Gasteiger charge is 2.08. The molecule has 0 spiro atoms. The predicted octanol–water partition coefficient (Wildman–Crippen LogP) is 6.35. The molecule has 0 saturated carbocycles. The second-order valence-corrected chi connectivity index (χ2v) is 7.78. The Hall–Kier alpha value is -3.60. The van der Waals surface area contributed by atoms with Gasteiger partial charge in [-0.25, -0.2) is 0 Å². The van der Waals surface area contributed by atoms with Crippen LogP contribution in [0.15, 0.2) is 52.4 Å². The summed E-state index contributed by atoms with van der Waals surface area (Å²) in [6.45, 7) is 7.92. The van der Waals surface area contributed by atoms with Crippen molar-refractivity contribution >= 4 is 23.8 Å². The number of aliphatic imine (C=N–C) groups is 2. The second kappa shape index (κ2) is 10.1. The van der Waals surface area contributed by atoms with Crippen LogP contribution in [0.4, 0.5) is 11.4 Å². The number of aryl methyl sites for hydroxylation is 4. The van der Waals surface area contributed by atoms with Crippen molar-refractivity contribution < 1.29 is 14.9 Å². The van der Waals surface area contributed by atoms with E-state index >= 15 is 0 Å². The fourth-order valence-corrected chi connectivity index (χ4v) is 3.49. The zero-order valence-corrected chi connectivity index (χ0v) is 19.3. The van der Waals surface area contributed by atoms with Crippen LogP contribution in [0, 0.1) is 13.8 Å². The summed E-state index contributed by atoms with van der Waals surface area (Å²) >= 11 is 0. The van der Waals surface area contributed by atoms with E-state index in [-0.39, 0.29) is 11.5 Å². The minimum atomic E-state index is 0.218. The Kier molecular flexibility index (Phi) is 7.31. The SMILES string of the molecule is CCc1cc(C)c(O)c(C=Nc2ccc(OC)cc2N=Cc2cc(CC)cc(C)c2O)c1. The van der Waals surface area contributed by atoms with E-state index in [1.54, 1.807) is 25.6 Å². The van der Waals surface area contributed by atoms with Gasteiger partial charge in [0.2, 0.25) is 0 Å². The maximum atomic E-state index is 10.5. The van der Waals surface area contributed by atoms with Crippen LogP contribution >= 0.6 is 0 Å². The van der Waals surface area contributed by atoms with Gasteiger partial charge in [0, 0.05) is 29.6 Å². The summed E-state index contributed by atoms with van der Waals surface area (Å²) in [4.78, 5) is 9.21. The molecule has 0 saturated heterocycles. The van der Waals surface area contributed by atoms with Gasteiger partial charge < -0.3 is 14.9 Å². The Balaban J connectivity index is 2.02. The number of aromatic hydroxyl groups is 2.